The second kappa shape index (κ2) is 7.35. The molecule has 3 rings (SSSR count). The Morgan fingerprint density at radius 1 is 1.35 bits per heavy atom. The Labute approximate surface area is 150 Å². The monoisotopic (exact) mass is 364 g/mol. The Hall–Kier alpha value is -2.58. The van der Waals surface area contributed by atoms with Crippen LogP contribution in [0.2, 0.25) is 0 Å². The number of aromatic nitrogens is 4. The lowest BCUT2D eigenvalue weighted by Crippen LogP contribution is -2.35. The van der Waals surface area contributed by atoms with Gasteiger partial charge in [0.15, 0.2) is 0 Å². The summed E-state index contributed by atoms with van der Waals surface area (Å²) >= 11 is 0. The van der Waals surface area contributed by atoms with Crippen molar-refractivity contribution in [2.75, 3.05) is 18.8 Å². The average molecular weight is 364 g/mol. The summed E-state index contributed by atoms with van der Waals surface area (Å²) in [6.45, 7) is 1.71. The fraction of sp³-hybridized carbons (Fsp3) is 0.529. The average Bonchev–Trinajstić information content (AvgIpc) is 2.91. The van der Waals surface area contributed by atoms with Gasteiger partial charge in [0.25, 0.3) is 5.92 Å². The summed E-state index contributed by atoms with van der Waals surface area (Å²) in [4.78, 5) is 17.6. The molecule has 1 unspecified atom stereocenters. The molecule has 1 fully saturated rings. The highest BCUT2D eigenvalue weighted by molar-refractivity contribution is 5.77. The minimum absolute atomic E-state index is 0.0814. The number of hydrogen-bond acceptors (Lipinski definition) is 5. The van der Waals surface area contributed by atoms with Gasteiger partial charge >= 0.3 is 0 Å². The van der Waals surface area contributed by atoms with Crippen molar-refractivity contribution in [2.24, 2.45) is 0 Å². The van der Waals surface area contributed by atoms with E-state index in [1.54, 1.807) is 16.9 Å². The molecule has 0 radical (unpaired) electrons. The summed E-state index contributed by atoms with van der Waals surface area (Å²) < 4.78 is 27.9. The number of pyridine rings is 1. The third-order valence-electron chi connectivity index (χ3n) is 4.48. The van der Waals surface area contributed by atoms with Crippen molar-refractivity contribution in [3.63, 3.8) is 0 Å². The lowest BCUT2D eigenvalue weighted by atomic mass is 10.1. The minimum atomic E-state index is -2.98. The third kappa shape index (κ3) is 4.53. The van der Waals surface area contributed by atoms with Gasteiger partial charge in [-0.25, -0.2) is 18.4 Å². The maximum atomic E-state index is 13.1. The number of amides is 1. The fourth-order valence-electron chi connectivity index (χ4n) is 3.11. The molecule has 1 aliphatic rings. The maximum absolute atomic E-state index is 13.1. The summed E-state index contributed by atoms with van der Waals surface area (Å²) in [5, 5.41) is 8.37. The van der Waals surface area contributed by atoms with Crippen LogP contribution in [0.5, 0.6) is 0 Å². The number of alkyl halides is 2. The molecule has 2 aromatic rings. The predicted molar refractivity (Wildman–Crippen MR) is 92.4 cm³/mol. The molecule has 2 aromatic heterocycles. The van der Waals surface area contributed by atoms with Gasteiger partial charge in [0, 0.05) is 24.8 Å². The van der Waals surface area contributed by atoms with Crippen LogP contribution in [0.1, 0.15) is 38.6 Å². The number of anilines is 1. The summed E-state index contributed by atoms with van der Waals surface area (Å²) in [6, 6.07) is 3.61. The van der Waals surface area contributed by atoms with Crippen LogP contribution in [0.4, 0.5) is 14.6 Å². The van der Waals surface area contributed by atoms with Crippen LogP contribution in [0.25, 0.3) is 11.3 Å². The molecule has 1 amide bonds. The topological polar surface area (TPSA) is 89.9 Å². The summed E-state index contributed by atoms with van der Waals surface area (Å²) in [5.41, 5.74) is 7.10. The number of halogens is 2. The number of nitrogens with zero attached hydrogens (tertiary/aromatic N) is 5. The standard InChI is InChI=1S/C17H22F2N6O/c1-17(18,19)9-16(26)24-7-2-3-13(6-8-24)25-11-14(22-23-25)12-4-5-15(20)21-10-12/h4-5,10-11,13H,2-3,6-9H2,1H3,(H2,20,21). The highest BCUT2D eigenvalue weighted by Crippen LogP contribution is 2.26. The highest BCUT2D eigenvalue weighted by Gasteiger charge is 2.30. The normalized spacial score (nSPS) is 18.6. The van der Waals surface area contributed by atoms with Crippen molar-refractivity contribution in [1.29, 1.82) is 0 Å². The smallest absolute Gasteiger partial charge is 0.254 e. The van der Waals surface area contributed by atoms with Gasteiger partial charge in [-0.2, -0.15) is 0 Å². The number of carbonyl (C=O) groups excluding carboxylic acids is 1. The van der Waals surface area contributed by atoms with E-state index >= 15 is 0 Å². The van der Waals surface area contributed by atoms with E-state index in [0.29, 0.717) is 31.0 Å². The number of carbonyl (C=O) groups is 1. The van der Waals surface area contributed by atoms with Gasteiger partial charge in [-0.1, -0.05) is 5.21 Å². The van der Waals surface area contributed by atoms with E-state index < -0.39 is 18.3 Å². The first-order valence-electron chi connectivity index (χ1n) is 8.61. The van der Waals surface area contributed by atoms with Crippen molar-refractivity contribution < 1.29 is 13.6 Å². The van der Waals surface area contributed by atoms with E-state index in [4.69, 9.17) is 5.73 Å². The van der Waals surface area contributed by atoms with Crippen LogP contribution in [-0.2, 0) is 4.79 Å². The van der Waals surface area contributed by atoms with Gasteiger partial charge in [0.1, 0.15) is 11.5 Å². The molecule has 140 valence electrons. The Balaban J connectivity index is 1.64. The molecule has 0 saturated carbocycles. The van der Waals surface area contributed by atoms with Crippen LogP contribution in [0.15, 0.2) is 24.5 Å². The van der Waals surface area contributed by atoms with E-state index in [0.717, 1.165) is 25.3 Å². The van der Waals surface area contributed by atoms with Gasteiger partial charge < -0.3 is 10.6 Å². The number of rotatable bonds is 4. The molecule has 2 N–H and O–H groups in total. The Bertz CT molecular complexity index is 755. The van der Waals surface area contributed by atoms with Crippen LogP contribution >= 0.6 is 0 Å². The summed E-state index contributed by atoms with van der Waals surface area (Å²) in [7, 11) is 0. The summed E-state index contributed by atoms with van der Waals surface area (Å²) in [6.07, 6.45) is 4.95. The predicted octanol–water partition coefficient (Wildman–Crippen LogP) is 2.52. The summed E-state index contributed by atoms with van der Waals surface area (Å²) in [5.74, 6) is -3.03. The number of nitrogens with two attached hydrogens (primary N) is 1. The van der Waals surface area contributed by atoms with Gasteiger partial charge in [-0.3, -0.25) is 4.79 Å². The van der Waals surface area contributed by atoms with Crippen LogP contribution in [0, 0.1) is 0 Å². The van der Waals surface area contributed by atoms with Crippen LogP contribution in [0.3, 0.4) is 0 Å². The number of nitrogen functional groups attached to an aromatic ring is 1. The molecule has 0 spiro atoms. The molecule has 1 atom stereocenters. The molecule has 0 aromatic carbocycles. The Morgan fingerprint density at radius 2 is 2.15 bits per heavy atom. The van der Waals surface area contributed by atoms with E-state index in [9.17, 15) is 13.6 Å². The third-order valence-corrected chi connectivity index (χ3v) is 4.48. The molecular weight excluding hydrogens is 342 g/mol. The molecule has 7 nitrogen and oxygen atoms in total. The molecule has 1 aliphatic heterocycles. The first-order valence-corrected chi connectivity index (χ1v) is 8.61. The second-order valence-electron chi connectivity index (χ2n) is 6.77. The molecule has 1 saturated heterocycles. The van der Waals surface area contributed by atoms with Gasteiger partial charge in [-0.15, -0.1) is 5.10 Å². The van der Waals surface area contributed by atoms with Gasteiger partial charge in [0.05, 0.1) is 18.7 Å². The van der Waals surface area contributed by atoms with E-state index in [-0.39, 0.29) is 6.04 Å². The second-order valence-corrected chi connectivity index (χ2v) is 6.77. The van der Waals surface area contributed by atoms with E-state index in [2.05, 4.69) is 15.3 Å². The van der Waals surface area contributed by atoms with E-state index in [1.807, 2.05) is 12.3 Å². The zero-order valence-corrected chi connectivity index (χ0v) is 14.6. The fourth-order valence-corrected chi connectivity index (χ4v) is 3.11. The molecule has 3 heterocycles. The van der Waals surface area contributed by atoms with Crippen molar-refractivity contribution in [1.82, 2.24) is 24.9 Å². The Morgan fingerprint density at radius 3 is 2.85 bits per heavy atom. The van der Waals surface area contributed by atoms with Crippen LogP contribution in [-0.4, -0.2) is 49.8 Å². The maximum Gasteiger partial charge on any atom is 0.254 e. The molecule has 9 heteroatoms. The molecular formula is C17H22F2N6O. The van der Waals surface area contributed by atoms with Crippen molar-refractivity contribution >= 4 is 11.7 Å². The van der Waals surface area contributed by atoms with Crippen molar-refractivity contribution in [2.45, 2.75) is 44.6 Å². The number of likely N-dealkylation sites (tertiary alicyclic amines) is 1. The van der Waals surface area contributed by atoms with Crippen molar-refractivity contribution in [3.8, 4) is 11.3 Å². The van der Waals surface area contributed by atoms with Gasteiger partial charge in [0.2, 0.25) is 5.91 Å². The molecule has 0 bridgehead atoms. The Kier molecular flexibility index (Phi) is 5.15. The molecule has 26 heavy (non-hydrogen) atoms. The zero-order valence-electron chi connectivity index (χ0n) is 14.6. The lowest BCUT2D eigenvalue weighted by molar-refractivity contribution is -0.137. The minimum Gasteiger partial charge on any atom is -0.384 e. The quantitative estimate of drug-likeness (QED) is 0.900. The zero-order chi connectivity index (χ0) is 18.7. The van der Waals surface area contributed by atoms with Crippen LogP contribution < -0.4 is 5.73 Å². The first kappa shape index (κ1) is 18.2. The van der Waals surface area contributed by atoms with Gasteiger partial charge in [-0.05, 0) is 38.3 Å². The first-order chi connectivity index (χ1) is 12.3. The molecule has 0 aliphatic carbocycles. The lowest BCUT2D eigenvalue weighted by Gasteiger charge is -2.22. The number of hydrogen-bond donors (Lipinski definition) is 1. The van der Waals surface area contributed by atoms with Crippen molar-refractivity contribution in [3.05, 3.63) is 24.5 Å². The SMILES string of the molecule is CC(F)(F)CC(=O)N1CCCC(n2cc(-c3ccc(N)nc3)nn2)CC1. The van der Waals surface area contributed by atoms with E-state index in [1.165, 1.54) is 4.90 Å². The largest absolute Gasteiger partial charge is 0.384 e. The highest BCUT2D eigenvalue weighted by atomic mass is 19.3.